The Hall–Kier alpha value is -2.79. The van der Waals surface area contributed by atoms with Crippen molar-refractivity contribution in [1.29, 1.82) is 0 Å². The number of hydrogen-bond acceptors (Lipinski definition) is 11. The van der Waals surface area contributed by atoms with E-state index < -0.39 is 0 Å². The summed E-state index contributed by atoms with van der Waals surface area (Å²) in [5.74, 6) is 5.64. The summed E-state index contributed by atoms with van der Waals surface area (Å²) < 4.78 is 15.8. The largest absolute Gasteiger partial charge is 0.454 e. The van der Waals surface area contributed by atoms with E-state index in [0.29, 0.717) is 18.1 Å². The summed E-state index contributed by atoms with van der Waals surface area (Å²) in [5, 5.41) is 7.82. The van der Waals surface area contributed by atoms with Crippen LogP contribution in [0.25, 0.3) is 11.3 Å². The lowest BCUT2D eigenvalue weighted by molar-refractivity contribution is 0.174. The molecule has 0 bridgehead atoms. The van der Waals surface area contributed by atoms with Crippen LogP contribution in [-0.4, -0.2) is 82.7 Å². The minimum Gasteiger partial charge on any atom is -0.454 e. The monoisotopic (exact) mass is 441 g/mol. The third-order valence-electron chi connectivity index (χ3n) is 5.90. The molecular formula is C20H23N7O3S. The van der Waals surface area contributed by atoms with Crippen molar-refractivity contribution >= 4 is 34.7 Å². The molecule has 3 aliphatic heterocycles. The maximum absolute atomic E-state index is 5.51. The lowest BCUT2D eigenvalue weighted by atomic mass is 10.1. The van der Waals surface area contributed by atoms with Gasteiger partial charge in [0, 0.05) is 57.3 Å². The van der Waals surface area contributed by atoms with Crippen molar-refractivity contribution in [2.24, 2.45) is 0 Å². The highest BCUT2D eigenvalue weighted by Gasteiger charge is 2.27. The molecule has 0 spiro atoms. The van der Waals surface area contributed by atoms with Gasteiger partial charge in [0.2, 0.25) is 18.1 Å². The molecule has 1 aromatic carbocycles. The van der Waals surface area contributed by atoms with Crippen LogP contribution in [0.4, 0.5) is 11.6 Å². The Morgan fingerprint density at radius 1 is 0.806 bits per heavy atom. The molecule has 2 saturated heterocycles. The molecule has 2 aromatic heterocycles. The zero-order chi connectivity index (χ0) is 20.6. The van der Waals surface area contributed by atoms with E-state index in [1.165, 1.54) is 5.56 Å². The number of ether oxygens (including phenoxy) is 2. The second-order valence-electron chi connectivity index (χ2n) is 7.83. The van der Waals surface area contributed by atoms with Gasteiger partial charge < -0.3 is 19.3 Å². The van der Waals surface area contributed by atoms with Crippen molar-refractivity contribution in [2.75, 3.05) is 67.4 Å². The summed E-state index contributed by atoms with van der Waals surface area (Å²) in [6.07, 6.45) is 0. The molecule has 0 unspecified atom stereocenters. The number of fused-ring (bicyclic) bond motifs is 2. The summed E-state index contributed by atoms with van der Waals surface area (Å²) in [5.41, 5.74) is 2.17. The van der Waals surface area contributed by atoms with Gasteiger partial charge in [-0.1, -0.05) is 6.07 Å². The van der Waals surface area contributed by atoms with E-state index in [2.05, 4.69) is 37.1 Å². The number of thioether (sulfide) groups is 1. The van der Waals surface area contributed by atoms with E-state index in [9.17, 15) is 0 Å². The van der Waals surface area contributed by atoms with Gasteiger partial charge in [-0.15, -0.1) is 0 Å². The summed E-state index contributed by atoms with van der Waals surface area (Å²) >= 11 is 1.98. The first-order chi connectivity index (χ1) is 15.3. The Labute approximate surface area is 183 Å². The van der Waals surface area contributed by atoms with Crippen LogP contribution in [0.2, 0.25) is 0 Å². The van der Waals surface area contributed by atoms with Crippen LogP contribution in [0.15, 0.2) is 22.8 Å². The second-order valence-corrected chi connectivity index (χ2v) is 9.06. The first-order valence-corrected chi connectivity index (χ1v) is 11.7. The standard InChI is InChI=1S/C20H23N7O3S/c1-2-15-16(29-13-28-15)11-14(1)12-25-3-5-26(6-4-25)19-20(27-7-9-31-10-8-27)22-18-17(21-19)23-30-24-18/h1-2,11H,3-10,12-13H2. The van der Waals surface area contributed by atoms with Crippen LogP contribution in [0.3, 0.4) is 0 Å². The maximum Gasteiger partial charge on any atom is 0.245 e. The molecule has 0 saturated carbocycles. The average Bonchev–Trinajstić information content (AvgIpc) is 3.48. The summed E-state index contributed by atoms with van der Waals surface area (Å²) in [6, 6.07) is 6.19. The van der Waals surface area contributed by atoms with Gasteiger partial charge in [0.15, 0.2) is 23.1 Å². The fourth-order valence-corrected chi connectivity index (χ4v) is 5.14. The number of hydrogen-bond donors (Lipinski definition) is 0. The molecule has 0 N–H and O–H groups in total. The maximum atomic E-state index is 5.51. The van der Waals surface area contributed by atoms with E-state index >= 15 is 0 Å². The topological polar surface area (TPSA) is 92.9 Å². The minimum atomic E-state index is 0.307. The molecule has 6 rings (SSSR count). The van der Waals surface area contributed by atoms with Crippen molar-refractivity contribution in [2.45, 2.75) is 6.54 Å². The molecule has 0 aliphatic carbocycles. The molecule has 0 radical (unpaired) electrons. The Kier molecular flexibility index (Phi) is 4.91. The molecule has 11 heteroatoms. The number of piperazine rings is 1. The number of benzene rings is 1. The number of aromatic nitrogens is 4. The molecule has 3 aromatic rings. The van der Waals surface area contributed by atoms with Gasteiger partial charge >= 0.3 is 0 Å². The Morgan fingerprint density at radius 3 is 2.23 bits per heavy atom. The van der Waals surface area contributed by atoms with E-state index in [1.807, 2.05) is 17.8 Å². The predicted molar refractivity (Wildman–Crippen MR) is 117 cm³/mol. The van der Waals surface area contributed by atoms with Gasteiger partial charge in [-0.25, -0.2) is 14.6 Å². The Balaban J connectivity index is 1.18. The highest BCUT2D eigenvalue weighted by atomic mass is 32.2. The zero-order valence-corrected chi connectivity index (χ0v) is 17.9. The van der Waals surface area contributed by atoms with Crippen molar-refractivity contribution in [1.82, 2.24) is 25.2 Å². The molecule has 10 nitrogen and oxygen atoms in total. The second kappa shape index (κ2) is 8.04. The van der Waals surface area contributed by atoms with Crippen LogP contribution in [-0.2, 0) is 6.54 Å². The van der Waals surface area contributed by atoms with Crippen molar-refractivity contribution < 1.29 is 14.1 Å². The van der Waals surface area contributed by atoms with Gasteiger partial charge in [0.05, 0.1) is 0 Å². The molecule has 3 aliphatic rings. The highest BCUT2D eigenvalue weighted by molar-refractivity contribution is 7.99. The summed E-state index contributed by atoms with van der Waals surface area (Å²) in [4.78, 5) is 16.6. The van der Waals surface area contributed by atoms with Crippen LogP contribution >= 0.6 is 11.8 Å². The summed E-state index contributed by atoms with van der Waals surface area (Å²) in [7, 11) is 0. The average molecular weight is 442 g/mol. The van der Waals surface area contributed by atoms with Crippen molar-refractivity contribution in [3.05, 3.63) is 23.8 Å². The molecule has 162 valence electrons. The molecule has 31 heavy (non-hydrogen) atoms. The van der Waals surface area contributed by atoms with Gasteiger partial charge in [-0.3, -0.25) is 4.90 Å². The third kappa shape index (κ3) is 3.72. The quantitative estimate of drug-likeness (QED) is 0.591. The van der Waals surface area contributed by atoms with Gasteiger partial charge in [-0.2, -0.15) is 11.8 Å². The lowest BCUT2D eigenvalue weighted by Crippen LogP contribution is -2.47. The van der Waals surface area contributed by atoms with Crippen LogP contribution in [0.5, 0.6) is 11.5 Å². The van der Waals surface area contributed by atoms with Crippen molar-refractivity contribution in [3.8, 4) is 11.5 Å². The SMILES string of the molecule is c1cc2c(cc1CN1CCN(c3nc4nonc4nc3N3CCSCC3)CC1)OCO2. The van der Waals surface area contributed by atoms with Gasteiger partial charge in [0.25, 0.3) is 0 Å². The van der Waals surface area contributed by atoms with E-state index in [1.54, 1.807) is 0 Å². The fraction of sp³-hybridized carbons (Fsp3) is 0.500. The van der Waals surface area contributed by atoms with Gasteiger partial charge in [-0.05, 0) is 28.0 Å². The van der Waals surface area contributed by atoms with E-state index in [4.69, 9.17) is 24.1 Å². The van der Waals surface area contributed by atoms with E-state index in [0.717, 1.165) is 80.5 Å². The molecule has 2 fully saturated rings. The zero-order valence-electron chi connectivity index (χ0n) is 17.1. The van der Waals surface area contributed by atoms with Crippen LogP contribution < -0.4 is 19.3 Å². The minimum absolute atomic E-state index is 0.307. The normalized spacial score (nSPS) is 19.4. The van der Waals surface area contributed by atoms with E-state index in [-0.39, 0.29) is 0 Å². The predicted octanol–water partition coefficient (Wildman–Crippen LogP) is 1.62. The number of anilines is 2. The molecule has 0 atom stereocenters. The Bertz CT molecular complexity index is 1080. The first-order valence-electron chi connectivity index (χ1n) is 10.5. The third-order valence-corrected chi connectivity index (χ3v) is 6.85. The Morgan fingerprint density at radius 2 is 1.48 bits per heavy atom. The highest BCUT2D eigenvalue weighted by Crippen LogP contribution is 2.33. The van der Waals surface area contributed by atoms with Crippen molar-refractivity contribution in [3.63, 3.8) is 0 Å². The molecular weight excluding hydrogens is 418 g/mol. The molecule has 5 heterocycles. The fourth-order valence-electron chi connectivity index (χ4n) is 4.24. The first kappa shape index (κ1) is 18.9. The smallest absolute Gasteiger partial charge is 0.245 e. The lowest BCUT2D eigenvalue weighted by Gasteiger charge is -2.37. The number of rotatable bonds is 4. The number of nitrogens with zero attached hydrogens (tertiary/aromatic N) is 7. The van der Waals surface area contributed by atoms with Crippen LogP contribution in [0, 0.1) is 0 Å². The van der Waals surface area contributed by atoms with Crippen LogP contribution in [0.1, 0.15) is 5.56 Å². The molecule has 0 amide bonds. The van der Waals surface area contributed by atoms with Gasteiger partial charge in [0.1, 0.15) is 0 Å². The summed E-state index contributed by atoms with van der Waals surface area (Å²) in [6.45, 7) is 6.78.